The third kappa shape index (κ3) is 3.47. The minimum atomic E-state index is -0.770. The summed E-state index contributed by atoms with van der Waals surface area (Å²) in [6.07, 6.45) is 2.79. The first-order chi connectivity index (χ1) is 8.88. The number of carbonyl (C=O) groups excluding carboxylic acids is 2. The highest BCUT2D eigenvalue weighted by Gasteiger charge is 2.37. The zero-order chi connectivity index (χ0) is 14.0. The Bertz CT molecular complexity index is 368. The van der Waals surface area contributed by atoms with Crippen LogP contribution in [0.3, 0.4) is 0 Å². The van der Waals surface area contributed by atoms with Crippen molar-refractivity contribution in [3.63, 3.8) is 0 Å². The molecule has 19 heavy (non-hydrogen) atoms. The Morgan fingerprint density at radius 3 is 2.74 bits per heavy atom. The van der Waals surface area contributed by atoms with E-state index in [1.54, 1.807) is 13.8 Å². The molecule has 108 valence electrons. The number of amides is 2. The standard InChI is InChI=1S/C14H25N3O2/c1-14(2)13(19)17(8-6-12(18)15-14)10-11-5-4-7-16(3)9-11/h11H,4-10H2,1-3H3,(H,15,18). The Hall–Kier alpha value is -1.10. The topological polar surface area (TPSA) is 52.6 Å². The Morgan fingerprint density at radius 2 is 2.05 bits per heavy atom. The van der Waals surface area contributed by atoms with Gasteiger partial charge in [-0.2, -0.15) is 0 Å². The van der Waals surface area contributed by atoms with Gasteiger partial charge in [-0.15, -0.1) is 0 Å². The summed E-state index contributed by atoms with van der Waals surface area (Å²) in [5, 5.41) is 2.80. The van der Waals surface area contributed by atoms with E-state index in [9.17, 15) is 9.59 Å². The van der Waals surface area contributed by atoms with Crippen molar-refractivity contribution in [2.75, 3.05) is 33.2 Å². The number of hydrogen-bond donors (Lipinski definition) is 1. The summed E-state index contributed by atoms with van der Waals surface area (Å²) in [5.74, 6) is 0.555. The van der Waals surface area contributed by atoms with Crippen molar-refractivity contribution >= 4 is 11.8 Å². The Balaban J connectivity index is 2.01. The van der Waals surface area contributed by atoms with Gasteiger partial charge in [0.05, 0.1) is 0 Å². The lowest BCUT2D eigenvalue weighted by atomic mass is 9.96. The van der Waals surface area contributed by atoms with Crippen LogP contribution in [0.2, 0.25) is 0 Å². The first-order valence-electron chi connectivity index (χ1n) is 7.17. The molecular formula is C14H25N3O2. The molecule has 5 heteroatoms. The van der Waals surface area contributed by atoms with Gasteiger partial charge in [0.1, 0.15) is 5.54 Å². The van der Waals surface area contributed by atoms with E-state index < -0.39 is 5.54 Å². The van der Waals surface area contributed by atoms with Crippen LogP contribution in [0.15, 0.2) is 0 Å². The summed E-state index contributed by atoms with van der Waals surface area (Å²) >= 11 is 0. The van der Waals surface area contributed by atoms with Crippen molar-refractivity contribution in [1.29, 1.82) is 0 Å². The van der Waals surface area contributed by atoms with E-state index in [-0.39, 0.29) is 11.8 Å². The van der Waals surface area contributed by atoms with E-state index in [4.69, 9.17) is 0 Å². The highest BCUT2D eigenvalue weighted by atomic mass is 16.2. The average Bonchev–Trinajstić information content (AvgIpc) is 2.40. The third-order valence-electron chi connectivity index (χ3n) is 4.08. The van der Waals surface area contributed by atoms with Crippen molar-refractivity contribution in [3.05, 3.63) is 0 Å². The SMILES string of the molecule is CN1CCCC(CN2CCC(=O)NC(C)(C)C2=O)C1. The smallest absolute Gasteiger partial charge is 0.247 e. The molecule has 0 aromatic carbocycles. The average molecular weight is 267 g/mol. The lowest BCUT2D eigenvalue weighted by Gasteiger charge is -2.35. The largest absolute Gasteiger partial charge is 0.342 e. The van der Waals surface area contributed by atoms with E-state index in [1.807, 2.05) is 4.90 Å². The molecule has 0 aromatic heterocycles. The predicted molar refractivity (Wildman–Crippen MR) is 73.6 cm³/mol. The van der Waals surface area contributed by atoms with Crippen molar-refractivity contribution in [3.8, 4) is 0 Å². The molecule has 1 atom stereocenters. The number of rotatable bonds is 2. The van der Waals surface area contributed by atoms with E-state index in [0.29, 0.717) is 18.9 Å². The van der Waals surface area contributed by atoms with Crippen LogP contribution in [0, 0.1) is 5.92 Å². The van der Waals surface area contributed by atoms with Gasteiger partial charge in [0.2, 0.25) is 11.8 Å². The molecule has 2 heterocycles. The van der Waals surface area contributed by atoms with E-state index in [0.717, 1.165) is 19.6 Å². The van der Waals surface area contributed by atoms with Gasteiger partial charge in [-0.05, 0) is 46.2 Å². The molecule has 0 bridgehead atoms. The van der Waals surface area contributed by atoms with E-state index in [2.05, 4.69) is 17.3 Å². The molecule has 2 fully saturated rings. The molecule has 5 nitrogen and oxygen atoms in total. The first-order valence-corrected chi connectivity index (χ1v) is 7.17. The summed E-state index contributed by atoms with van der Waals surface area (Å²) in [5.41, 5.74) is -0.770. The highest BCUT2D eigenvalue weighted by Crippen LogP contribution is 2.20. The van der Waals surface area contributed by atoms with Crippen LogP contribution in [-0.2, 0) is 9.59 Å². The quantitative estimate of drug-likeness (QED) is 0.790. The maximum Gasteiger partial charge on any atom is 0.247 e. The number of nitrogens with one attached hydrogen (secondary N) is 1. The molecule has 2 amide bonds. The fraction of sp³-hybridized carbons (Fsp3) is 0.857. The van der Waals surface area contributed by atoms with Gasteiger partial charge in [0.15, 0.2) is 0 Å². The first kappa shape index (κ1) is 14.3. The summed E-state index contributed by atoms with van der Waals surface area (Å²) in [6, 6.07) is 0. The van der Waals surface area contributed by atoms with Crippen LogP contribution < -0.4 is 5.32 Å². The molecule has 2 saturated heterocycles. The fourth-order valence-electron chi connectivity index (χ4n) is 3.11. The fourth-order valence-corrected chi connectivity index (χ4v) is 3.11. The van der Waals surface area contributed by atoms with Crippen molar-refractivity contribution in [2.45, 2.75) is 38.6 Å². The molecule has 0 radical (unpaired) electrons. The van der Waals surface area contributed by atoms with Gasteiger partial charge in [-0.25, -0.2) is 0 Å². The van der Waals surface area contributed by atoms with Crippen LogP contribution >= 0.6 is 0 Å². The zero-order valence-electron chi connectivity index (χ0n) is 12.2. The summed E-state index contributed by atoms with van der Waals surface area (Å²) in [4.78, 5) is 28.3. The number of carbonyl (C=O) groups is 2. The molecule has 0 saturated carbocycles. The highest BCUT2D eigenvalue weighted by molar-refractivity contribution is 5.92. The number of piperidine rings is 1. The van der Waals surface area contributed by atoms with Gasteiger partial charge in [0.25, 0.3) is 0 Å². The van der Waals surface area contributed by atoms with Gasteiger partial charge >= 0.3 is 0 Å². The molecule has 2 aliphatic rings. The Labute approximate surface area is 115 Å². The molecule has 2 rings (SSSR count). The molecule has 0 aromatic rings. The lowest BCUT2D eigenvalue weighted by Crippen LogP contribution is -2.54. The van der Waals surface area contributed by atoms with Crippen molar-refractivity contribution in [1.82, 2.24) is 15.1 Å². The van der Waals surface area contributed by atoms with Crippen LogP contribution in [-0.4, -0.2) is 60.4 Å². The van der Waals surface area contributed by atoms with Crippen LogP contribution in [0.5, 0.6) is 0 Å². The van der Waals surface area contributed by atoms with E-state index in [1.165, 1.54) is 12.8 Å². The molecule has 0 spiro atoms. The number of hydrogen-bond acceptors (Lipinski definition) is 3. The summed E-state index contributed by atoms with van der Waals surface area (Å²) in [6.45, 7) is 7.11. The van der Waals surface area contributed by atoms with Crippen LogP contribution in [0.1, 0.15) is 33.1 Å². The minimum Gasteiger partial charge on any atom is -0.342 e. The van der Waals surface area contributed by atoms with E-state index >= 15 is 0 Å². The van der Waals surface area contributed by atoms with Gasteiger partial charge in [-0.1, -0.05) is 0 Å². The van der Waals surface area contributed by atoms with Gasteiger partial charge in [-0.3, -0.25) is 9.59 Å². The molecule has 2 aliphatic heterocycles. The Kier molecular flexibility index (Phi) is 4.13. The monoisotopic (exact) mass is 267 g/mol. The second-order valence-corrected chi connectivity index (χ2v) is 6.44. The molecule has 0 aliphatic carbocycles. The van der Waals surface area contributed by atoms with Crippen molar-refractivity contribution < 1.29 is 9.59 Å². The predicted octanol–water partition coefficient (Wildman–Crippen LogP) is 0.455. The minimum absolute atomic E-state index is 0.0263. The maximum atomic E-state index is 12.5. The zero-order valence-corrected chi connectivity index (χ0v) is 12.2. The molecule has 1 N–H and O–H groups in total. The normalized spacial score (nSPS) is 29.0. The maximum absolute atomic E-state index is 12.5. The van der Waals surface area contributed by atoms with Crippen LogP contribution in [0.25, 0.3) is 0 Å². The number of nitrogens with zero attached hydrogens (tertiary/aromatic N) is 2. The molecule has 1 unspecified atom stereocenters. The van der Waals surface area contributed by atoms with Gasteiger partial charge in [0, 0.05) is 26.1 Å². The molecular weight excluding hydrogens is 242 g/mol. The summed E-state index contributed by atoms with van der Waals surface area (Å²) < 4.78 is 0. The van der Waals surface area contributed by atoms with Crippen molar-refractivity contribution in [2.24, 2.45) is 5.92 Å². The van der Waals surface area contributed by atoms with Crippen LogP contribution in [0.4, 0.5) is 0 Å². The number of likely N-dealkylation sites (tertiary alicyclic amines) is 1. The van der Waals surface area contributed by atoms with Gasteiger partial charge < -0.3 is 15.1 Å². The second kappa shape index (κ2) is 5.49. The Morgan fingerprint density at radius 1 is 1.32 bits per heavy atom. The lowest BCUT2D eigenvalue weighted by molar-refractivity contribution is -0.138. The second-order valence-electron chi connectivity index (χ2n) is 6.44. The summed E-state index contributed by atoms with van der Waals surface area (Å²) in [7, 11) is 2.13. The third-order valence-corrected chi connectivity index (χ3v) is 4.08.